The van der Waals surface area contributed by atoms with Gasteiger partial charge in [0.15, 0.2) is 10.8 Å². The van der Waals surface area contributed by atoms with E-state index in [4.69, 9.17) is 9.47 Å². The second kappa shape index (κ2) is 7.20. The van der Waals surface area contributed by atoms with Crippen molar-refractivity contribution >= 4 is 23.1 Å². The Labute approximate surface area is 139 Å². The Hall–Kier alpha value is -1.77. The molecule has 1 N–H and O–H groups in total. The molecular weight excluding hydrogens is 316 g/mol. The van der Waals surface area contributed by atoms with Crippen LogP contribution in [0.15, 0.2) is 27.8 Å². The number of aromatic nitrogens is 1. The van der Waals surface area contributed by atoms with E-state index in [-0.39, 0.29) is 12.1 Å². The van der Waals surface area contributed by atoms with Crippen LogP contribution in [0.2, 0.25) is 0 Å². The van der Waals surface area contributed by atoms with Gasteiger partial charge in [0.1, 0.15) is 0 Å². The maximum Gasteiger partial charge on any atom is 0.337 e. The number of esters is 1. The summed E-state index contributed by atoms with van der Waals surface area (Å²) >= 11 is 1.52. The Morgan fingerprint density at radius 2 is 2.48 bits per heavy atom. The molecule has 8 heteroatoms. The minimum Gasteiger partial charge on any atom is -0.466 e. The molecule has 0 aliphatic carbocycles. The Morgan fingerprint density at radius 1 is 1.61 bits per heavy atom. The van der Waals surface area contributed by atoms with E-state index in [1.54, 1.807) is 6.20 Å². The summed E-state index contributed by atoms with van der Waals surface area (Å²) in [4.78, 5) is 23.0. The molecule has 3 rings (SSSR count). The molecule has 2 aliphatic heterocycles. The second-order valence-corrected chi connectivity index (χ2v) is 6.39. The zero-order valence-electron chi connectivity index (χ0n) is 13.2. The van der Waals surface area contributed by atoms with Crippen LogP contribution in [0, 0.1) is 0 Å². The van der Waals surface area contributed by atoms with E-state index in [1.807, 2.05) is 5.38 Å². The molecule has 0 spiro atoms. The van der Waals surface area contributed by atoms with Crippen LogP contribution in [0.1, 0.15) is 11.9 Å². The van der Waals surface area contributed by atoms with Gasteiger partial charge < -0.3 is 14.8 Å². The van der Waals surface area contributed by atoms with Gasteiger partial charge >= 0.3 is 5.97 Å². The number of ether oxygens (including phenoxy) is 2. The van der Waals surface area contributed by atoms with Crippen molar-refractivity contribution in [2.45, 2.75) is 13.0 Å². The van der Waals surface area contributed by atoms with Gasteiger partial charge in [-0.25, -0.2) is 9.78 Å². The highest BCUT2D eigenvalue weighted by molar-refractivity contribution is 7.11. The predicted octanol–water partition coefficient (Wildman–Crippen LogP) is 0.641. The first-order valence-electron chi connectivity index (χ1n) is 7.53. The molecule has 0 saturated carbocycles. The van der Waals surface area contributed by atoms with Gasteiger partial charge in [0.25, 0.3) is 0 Å². The third-order valence-corrected chi connectivity index (χ3v) is 4.58. The molecule has 1 atom stereocenters. The predicted molar refractivity (Wildman–Crippen MR) is 87.5 cm³/mol. The molecule has 1 saturated heterocycles. The first-order chi connectivity index (χ1) is 11.2. The van der Waals surface area contributed by atoms with Crippen molar-refractivity contribution in [3.8, 4) is 0 Å². The van der Waals surface area contributed by atoms with E-state index in [0.29, 0.717) is 31.1 Å². The van der Waals surface area contributed by atoms with E-state index >= 15 is 0 Å². The average Bonchev–Trinajstić information content (AvgIpc) is 3.08. The lowest BCUT2D eigenvalue weighted by molar-refractivity contribution is -0.136. The molecule has 7 nitrogen and oxygen atoms in total. The number of nitrogens with one attached hydrogen (secondary N) is 1. The Bertz CT molecular complexity index is 627. The van der Waals surface area contributed by atoms with Gasteiger partial charge in [-0.3, -0.25) is 9.89 Å². The highest BCUT2D eigenvalue weighted by atomic mass is 32.1. The van der Waals surface area contributed by atoms with Crippen LogP contribution in [-0.4, -0.2) is 67.7 Å². The van der Waals surface area contributed by atoms with Crippen molar-refractivity contribution in [2.24, 2.45) is 4.99 Å². The van der Waals surface area contributed by atoms with Crippen LogP contribution < -0.4 is 5.32 Å². The van der Waals surface area contributed by atoms with E-state index in [1.165, 1.54) is 18.4 Å². The molecular formula is C15H20N4O3S. The molecule has 0 aromatic carbocycles. The standard InChI is InChI=1S/C15H20N4O3S/c1-10-8-19(4-5-22-10)9-12-11(15(20)21-2)7-17-13(18-12)14-16-3-6-23-14/h3,6,10H,4-5,7-9H2,1-2H3,(H,17,18). The highest BCUT2D eigenvalue weighted by Gasteiger charge is 2.26. The first-order valence-corrected chi connectivity index (χ1v) is 8.41. The summed E-state index contributed by atoms with van der Waals surface area (Å²) in [5.74, 6) is 0.375. The molecule has 1 unspecified atom stereocenters. The summed E-state index contributed by atoms with van der Waals surface area (Å²) in [7, 11) is 1.39. The van der Waals surface area contributed by atoms with Crippen LogP contribution in [0.5, 0.6) is 0 Å². The lowest BCUT2D eigenvalue weighted by Gasteiger charge is -2.33. The van der Waals surface area contributed by atoms with Crippen molar-refractivity contribution in [3.05, 3.63) is 27.9 Å². The third kappa shape index (κ3) is 3.77. The largest absolute Gasteiger partial charge is 0.466 e. The Balaban J connectivity index is 1.78. The second-order valence-electron chi connectivity index (χ2n) is 5.49. The van der Waals surface area contributed by atoms with E-state index < -0.39 is 0 Å². The average molecular weight is 336 g/mol. The molecule has 1 aromatic heterocycles. The molecule has 0 amide bonds. The number of carbonyl (C=O) groups excluding carboxylic acids is 1. The molecule has 1 aromatic rings. The number of nitrogens with zero attached hydrogens (tertiary/aromatic N) is 3. The maximum absolute atomic E-state index is 12.0. The Morgan fingerprint density at radius 3 is 3.17 bits per heavy atom. The number of rotatable bonds is 4. The lowest BCUT2D eigenvalue weighted by Crippen LogP contribution is -2.45. The summed E-state index contributed by atoms with van der Waals surface area (Å²) in [5.41, 5.74) is 1.41. The van der Waals surface area contributed by atoms with Gasteiger partial charge in [-0.1, -0.05) is 0 Å². The highest BCUT2D eigenvalue weighted by Crippen LogP contribution is 2.17. The number of carbonyl (C=O) groups is 1. The number of thiazole rings is 1. The summed E-state index contributed by atoms with van der Waals surface area (Å²) in [6.07, 6.45) is 1.94. The molecule has 3 heterocycles. The van der Waals surface area contributed by atoms with Crippen molar-refractivity contribution in [1.82, 2.24) is 15.2 Å². The SMILES string of the molecule is COC(=O)C1=C(CN2CCOC(C)C2)NC(c2nccs2)=NC1. The lowest BCUT2D eigenvalue weighted by atomic mass is 10.1. The molecule has 124 valence electrons. The number of amidine groups is 1. The first kappa shape index (κ1) is 16.1. The molecule has 23 heavy (non-hydrogen) atoms. The number of methoxy groups -OCH3 is 1. The fraction of sp³-hybridized carbons (Fsp3) is 0.533. The van der Waals surface area contributed by atoms with Crippen LogP contribution in [-0.2, 0) is 14.3 Å². The van der Waals surface area contributed by atoms with Gasteiger partial charge in [-0.15, -0.1) is 11.3 Å². The monoisotopic (exact) mass is 336 g/mol. The maximum atomic E-state index is 12.0. The van der Waals surface area contributed by atoms with Crippen molar-refractivity contribution in [1.29, 1.82) is 0 Å². The third-order valence-electron chi connectivity index (χ3n) is 3.80. The van der Waals surface area contributed by atoms with Gasteiger partial charge in [-0.05, 0) is 6.92 Å². The van der Waals surface area contributed by atoms with Crippen LogP contribution in [0.3, 0.4) is 0 Å². The smallest absolute Gasteiger partial charge is 0.337 e. The summed E-state index contributed by atoms with van der Waals surface area (Å²) in [6.45, 7) is 5.39. The molecule has 1 fully saturated rings. The number of hydrogen-bond acceptors (Lipinski definition) is 8. The van der Waals surface area contributed by atoms with Gasteiger partial charge in [0, 0.05) is 36.9 Å². The van der Waals surface area contributed by atoms with E-state index in [2.05, 4.69) is 27.1 Å². The zero-order valence-corrected chi connectivity index (χ0v) is 14.1. The van der Waals surface area contributed by atoms with Crippen LogP contribution >= 0.6 is 11.3 Å². The Kier molecular flexibility index (Phi) is 5.04. The fourth-order valence-electron chi connectivity index (χ4n) is 2.68. The normalized spacial score (nSPS) is 22.5. The van der Waals surface area contributed by atoms with Crippen molar-refractivity contribution < 1.29 is 14.3 Å². The molecule has 0 radical (unpaired) electrons. The van der Waals surface area contributed by atoms with Gasteiger partial charge in [-0.2, -0.15) is 0 Å². The zero-order chi connectivity index (χ0) is 16.2. The van der Waals surface area contributed by atoms with Crippen molar-refractivity contribution in [3.63, 3.8) is 0 Å². The number of hydrogen-bond donors (Lipinski definition) is 1. The molecule has 0 bridgehead atoms. The quantitative estimate of drug-likeness (QED) is 0.813. The van der Waals surface area contributed by atoms with Crippen LogP contribution in [0.4, 0.5) is 0 Å². The van der Waals surface area contributed by atoms with Crippen LogP contribution in [0.25, 0.3) is 0 Å². The number of morpholine rings is 1. The topological polar surface area (TPSA) is 76.0 Å². The fourth-order valence-corrected chi connectivity index (χ4v) is 3.28. The minimum absolute atomic E-state index is 0.196. The van der Waals surface area contributed by atoms with Crippen molar-refractivity contribution in [2.75, 3.05) is 39.9 Å². The minimum atomic E-state index is -0.337. The van der Waals surface area contributed by atoms with Gasteiger partial charge in [0.05, 0.1) is 31.9 Å². The number of aliphatic imine (C=N–C) groups is 1. The van der Waals surface area contributed by atoms with E-state index in [0.717, 1.165) is 23.8 Å². The van der Waals surface area contributed by atoms with E-state index in [9.17, 15) is 4.79 Å². The van der Waals surface area contributed by atoms with Gasteiger partial charge in [0.2, 0.25) is 0 Å². The molecule has 2 aliphatic rings. The summed E-state index contributed by atoms with van der Waals surface area (Å²) < 4.78 is 10.5. The summed E-state index contributed by atoms with van der Waals surface area (Å²) in [5, 5.41) is 6.00. The summed E-state index contributed by atoms with van der Waals surface area (Å²) in [6, 6.07) is 0.